The second kappa shape index (κ2) is 12.4. The van der Waals surface area contributed by atoms with Gasteiger partial charge in [0, 0.05) is 58.1 Å². The van der Waals surface area contributed by atoms with E-state index < -0.39 is 0 Å². The van der Waals surface area contributed by atoms with Crippen LogP contribution in [-0.2, 0) is 11.3 Å². The first-order valence-corrected chi connectivity index (χ1v) is 10.2. The molecule has 3 rings (SSSR count). The normalized spacial score (nSPS) is 14.1. The van der Waals surface area contributed by atoms with Crippen molar-refractivity contribution in [2.45, 2.75) is 26.3 Å². The summed E-state index contributed by atoms with van der Waals surface area (Å²) < 4.78 is 0. The molecule has 1 aliphatic heterocycles. The van der Waals surface area contributed by atoms with Crippen LogP contribution in [0.25, 0.3) is 0 Å². The van der Waals surface area contributed by atoms with Crippen LogP contribution in [0.5, 0.6) is 0 Å². The summed E-state index contributed by atoms with van der Waals surface area (Å²) in [6.45, 7) is 6.33. The Morgan fingerprint density at radius 2 is 1.83 bits per heavy atom. The summed E-state index contributed by atoms with van der Waals surface area (Å²) in [5, 5.41) is 6.36. The maximum atomic E-state index is 11.7. The molecule has 1 amide bonds. The Morgan fingerprint density at radius 3 is 2.43 bits per heavy atom. The molecule has 0 unspecified atom stereocenters. The molecule has 0 saturated carbocycles. The number of benzene rings is 1. The van der Waals surface area contributed by atoms with E-state index >= 15 is 0 Å². The molecular weight excluding hydrogens is 491 g/mol. The molecule has 1 saturated heterocycles. The van der Waals surface area contributed by atoms with E-state index in [0.29, 0.717) is 13.0 Å². The van der Waals surface area contributed by atoms with Crippen LogP contribution in [0.1, 0.15) is 25.3 Å². The predicted octanol–water partition coefficient (Wildman–Crippen LogP) is 3.34. The molecule has 2 heterocycles. The van der Waals surface area contributed by atoms with Crippen molar-refractivity contribution in [3.05, 3.63) is 54.2 Å². The number of nitrogens with zero attached hydrogens (tertiary/aromatic N) is 4. The number of amides is 1. The molecule has 2 N–H and O–H groups in total. The number of rotatable bonds is 6. The number of carbonyl (C=O) groups is 1. The third-order valence-corrected chi connectivity index (χ3v) is 4.93. The highest BCUT2D eigenvalue weighted by molar-refractivity contribution is 14.0. The minimum atomic E-state index is 0. The SMILES string of the molecule is CCCC(=O)Nc1ccc(CNC(=NC)N2CCN(c3ccccn3)CC2)cc1.I. The van der Waals surface area contributed by atoms with Crippen LogP contribution in [-0.4, -0.2) is 55.0 Å². The molecular formula is C22H31IN6O. The highest BCUT2D eigenvalue weighted by Crippen LogP contribution is 2.13. The van der Waals surface area contributed by atoms with Crippen molar-refractivity contribution < 1.29 is 4.79 Å². The molecule has 2 aromatic rings. The Hall–Kier alpha value is -2.36. The molecule has 1 fully saturated rings. The Bertz CT molecular complexity index is 804. The predicted molar refractivity (Wildman–Crippen MR) is 134 cm³/mol. The van der Waals surface area contributed by atoms with Crippen LogP contribution in [0.3, 0.4) is 0 Å². The number of carbonyl (C=O) groups excluding carboxylic acids is 1. The molecule has 0 aliphatic carbocycles. The van der Waals surface area contributed by atoms with Gasteiger partial charge in [0.25, 0.3) is 0 Å². The summed E-state index contributed by atoms with van der Waals surface area (Å²) in [5.74, 6) is 2.00. The monoisotopic (exact) mass is 522 g/mol. The van der Waals surface area contributed by atoms with Gasteiger partial charge in [-0.25, -0.2) is 4.98 Å². The van der Waals surface area contributed by atoms with Crippen LogP contribution in [0, 0.1) is 0 Å². The summed E-state index contributed by atoms with van der Waals surface area (Å²) in [4.78, 5) is 25.1. The van der Waals surface area contributed by atoms with E-state index in [4.69, 9.17) is 0 Å². The summed E-state index contributed by atoms with van der Waals surface area (Å²) >= 11 is 0. The molecule has 1 aromatic heterocycles. The number of aromatic nitrogens is 1. The highest BCUT2D eigenvalue weighted by Gasteiger charge is 2.20. The van der Waals surface area contributed by atoms with E-state index in [1.54, 1.807) is 0 Å². The topological polar surface area (TPSA) is 72.9 Å². The van der Waals surface area contributed by atoms with Crippen LogP contribution in [0.2, 0.25) is 0 Å². The summed E-state index contributed by atoms with van der Waals surface area (Å²) in [5.41, 5.74) is 1.98. The van der Waals surface area contributed by atoms with Crippen LogP contribution in [0.15, 0.2) is 53.7 Å². The lowest BCUT2D eigenvalue weighted by molar-refractivity contribution is -0.116. The number of pyridine rings is 1. The maximum Gasteiger partial charge on any atom is 0.224 e. The molecule has 0 radical (unpaired) electrons. The summed E-state index contributed by atoms with van der Waals surface area (Å²) in [6.07, 6.45) is 3.24. The maximum absolute atomic E-state index is 11.7. The van der Waals surface area contributed by atoms with E-state index in [-0.39, 0.29) is 29.9 Å². The van der Waals surface area contributed by atoms with Gasteiger partial charge in [0.05, 0.1) is 0 Å². The van der Waals surface area contributed by atoms with Gasteiger partial charge in [0.2, 0.25) is 5.91 Å². The highest BCUT2D eigenvalue weighted by atomic mass is 127. The lowest BCUT2D eigenvalue weighted by Gasteiger charge is -2.37. The Kier molecular flexibility index (Phi) is 9.85. The number of hydrogen-bond donors (Lipinski definition) is 2. The van der Waals surface area contributed by atoms with Crippen LogP contribution in [0.4, 0.5) is 11.5 Å². The Balaban J connectivity index is 0.00000320. The average molecular weight is 522 g/mol. The number of halogens is 1. The van der Waals surface area contributed by atoms with Gasteiger partial charge in [0.15, 0.2) is 5.96 Å². The van der Waals surface area contributed by atoms with Gasteiger partial charge in [-0.2, -0.15) is 0 Å². The second-order valence-electron chi connectivity index (χ2n) is 7.06. The fourth-order valence-corrected chi connectivity index (χ4v) is 3.36. The first kappa shape index (κ1) is 23.9. The first-order valence-electron chi connectivity index (χ1n) is 10.2. The van der Waals surface area contributed by atoms with Gasteiger partial charge in [-0.15, -0.1) is 24.0 Å². The number of guanidine groups is 1. The Morgan fingerprint density at radius 1 is 1.10 bits per heavy atom. The zero-order valence-electron chi connectivity index (χ0n) is 17.7. The van der Waals surface area contributed by atoms with E-state index in [0.717, 1.165) is 55.6 Å². The molecule has 0 atom stereocenters. The lowest BCUT2D eigenvalue weighted by atomic mass is 10.2. The van der Waals surface area contributed by atoms with Crippen molar-refractivity contribution in [1.82, 2.24) is 15.2 Å². The Labute approximate surface area is 196 Å². The standard InChI is InChI=1S/C22H30N6O.HI/c1-3-6-21(29)26-19-10-8-18(9-11-19)17-25-22(23-2)28-15-13-27(14-16-28)20-7-4-5-12-24-20;/h4-5,7-12H,3,6,13-17H2,1-2H3,(H,23,25)(H,26,29);1H. The average Bonchev–Trinajstić information content (AvgIpc) is 2.76. The van der Waals surface area contributed by atoms with Gasteiger partial charge in [-0.3, -0.25) is 9.79 Å². The molecule has 8 heteroatoms. The zero-order valence-corrected chi connectivity index (χ0v) is 20.0. The quantitative estimate of drug-likeness (QED) is 0.346. The van der Waals surface area contributed by atoms with Crippen LogP contribution >= 0.6 is 24.0 Å². The molecule has 7 nitrogen and oxygen atoms in total. The van der Waals surface area contributed by atoms with Gasteiger partial charge in [0.1, 0.15) is 5.82 Å². The van der Waals surface area contributed by atoms with E-state index in [1.165, 1.54) is 0 Å². The van der Waals surface area contributed by atoms with Crippen molar-refractivity contribution >= 4 is 47.3 Å². The summed E-state index contributed by atoms with van der Waals surface area (Å²) in [7, 11) is 1.82. The van der Waals surface area contributed by atoms with Crippen molar-refractivity contribution in [3.63, 3.8) is 0 Å². The fourth-order valence-electron chi connectivity index (χ4n) is 3.36. The second-order valence-corrected chi connectivity index (χ2v) is 7.06. The minimum absolute atomic E-state index is 0. The van der Waals surface area contributed by atoms with Gasteiger partial charge in [-0.1, -0.05) is 25.1 Å². The third-order valence-electron chi connectivity index (χ3n) is 4.93. The zero-order chi connectivity index (χ0) is 20.5. The first-order chi connectivity index (χ1) is 14.2. The van der Waals surface area contributed by atoms with Crippen LogP contribution < -0.4 is 15.5 Å². The van der Waals surface area contributed by atoms with Crippen molar-refractivity contribution in [3.8, 4) is 0 Å². The van der Waals surface area contributed by atoms with E-state index in [1.807, 2.05) is 56.6 Å². The third kappa shape index (κ3) is 6.86. The van der Waals surface area contributed by atoms with Crippen molar-refractivity contribution in [2.24, 2.45) is 4.99 Å². The minimum Gasteiger partial charge on any atom is -0.353 e. The number of piperazine rings is 1. The molecule has 162 valence electrons. The number of nitrogens with one attached hydrogen (secondary N) is 2. The van der Waals surface area contributed by atoms with Crippen molar-refractivity contribution in [1.29, 1.82) is 0 Å². The summed E-state index contributed by atoms with van der Waals surface area (Å²) in [6, 6.07) is 14.0. The molecule has 0 spiro atoms. The molecule has 1 aromatic carbocycles. The van der Waals surface area contributed by atoms with E-state index in [9.17, 15) is 4.79 Å². The van der Waals surface area contributed by atoms with E-state index in [2.05, 4.69) is 36.5 Å². The number of anilines is 2. The smallest absolute Gasteiger partial charge is 0.224 e. The molecule has 30 heavy (non-hydrogen) atoms. The largest absolute Gasteiger partial charge is 0.353 e. The molecule has 1 aliphatic rings. The molecule has 0 bridgehead atoms. The lowest BCUT2D eigenvalue weighted by Crippen LogP contribution is -2.52. The fraction of sp³-hybridized carbons (Fsp3) is 0.409. The van der Waals surface area contributed by atoms with Gasteiger partial charge in [-0.05, 0) is 36.2 Å². The van der Waals surface area contributed by atoms with Gasteiger partial charge >= 0.3 is 0 Å². The number of aliphatic imine (C=N–C) groups is 1. The van der Waals surface area contributed by atoms with Crippen molar-refractivity contribution in [2.75, 3.05) is 43.4 Å². The number of hydrogen-bond acceptors (Lipinski definition) is 4. The van der Waals surface area contributed by atoms with Gasteiger partial charge < -0.3 is 20.4 Å².